The van der Waals surface area contributed by atoms with Gasteiger partial charge in [0.15, 0.2) is 5.58 Å². The van der Waals surface area contributed by atoms with Gasteiger partial charge in [-0.2, -0.15) is 9.29 Å². The van der Waals surface area contributed by atoms with Gasteiger partial charge in [0.2, 0.25) is 10.0 Å². The van der Waals surface area contributed by atoms with E-state index in [1.807, 2.05) is 56.1 Å². The van der Waals surface area contributed by atoms with Crippen LogP contribution in [0.3, 0.4) is 0 Å². The van der Waals surface area contributed by atoms with E-state index >= 15 is 0 Å². The Labute approximate surface area is 241 Å². The largest absolute Gasteiger partial charge is 0.465 e. The minimum absolute atomic E-state index is 0.0195. The minimum atomic E-state index is -4.06. The highest BCUT2D eigenvalue weighted by Crippen LogP contribution is 2.27. The van der Waals surface area contributed by atoms with E-state index in [1.54, 1.807) is 6.07 Å². The summed E-state index contributed by atoms with van der Waals surface area (Å²) < 4.78 is 34.9. The van der Waals surface area contributed by atoms with E-state index in [9.17, 15) is 23.4 Å². The molecule has 1 aliphatic heterocycles. The van der Waals surface area contributed by atoms with E-state index in [4.69, 9.17) is 4.42 Å². The number of sulfonamides is 1. The molecule has 41 heavy (non-hydrogen) atoms. The van der Waals surface area contributed by atoms with Gasteiger partial charge in [0.1, 0.15) is 5.52 Å². The highest BCUT2D eigenvalue weighted by atomic mass is 32.2. The van der Waals surface area contributed by atoms with E-state index in [0.717, 1.165) is 31.7 Å². The molecule has 0 bridgehead atoms. The summed E-state index contributed by atoms with van der Waals surface area (Å²) in [6.07, 6.45) is 0.0729. The fourth-order valence-electron chi connectivity index (χ4n) is 5.08. The molecule has 1 aliphatic rings. The van der Waals surface area contributed by atoms with Gasteiger partial charge in [-0.25, -0.2) is 13.2 Å². The fraction of sp³-hybridized carbons (Fsp3) is 0.517. The van der Waals surface area contributed by atoms with Crippen LogP contribution in [0.15, 0.2) is 57.8 Å². The highest BCUT2D eigenvalue weighted by Gasteiger charge is 2.32. The minimum Gasteiger partial charge on any atom is -0.465 e. The van der Waals surface area contributed by atoms with Crippen molar-refractivity contribution in [3.8, 4) is 0 Å². The second kappa shape index (κ2) is 13.6. The number of rotatable bonds is 14. The molecule has 4 rings (SSSR count). The number of fused-ring (bicyclic) bond motifs is 1. The topological polar surface area (TPSA) is 139 Å². The Morgan fingerprint density at radius 2 is 1.83 bits per heavy atom. The molecule has 1 amide bonds. The number of carboxylic acid groups (broad SMARTS) is 1. The number of nitrogens with zero attached hydrogens (tertiary/aromatic N) is 4. The molecule has 0 spiro atoms. The number of hydrogen-bond donors (Lipinski definition) is 3. The molecule has 3 N–H and O–H groups in total. The molecule has 0 saturated carbocycles. The Kier molecular flexibility index (Phi) is 10.2. The smallest absolute Gasteiger partial charge is 0.404 e. The summed E-state index contributed by atoms with van der Waals surface area (Å²) in [6.45, 7) is 7.48. The molecule has 3 aromatic rings. The molecular formula is C29H41N5O6S. The monoisotopic (exact) mass is 587 g/mol. The van der Waals surface area contributed by atoms with Crippen LogP contribution in [0, 0.1) is 5.92 Å². The second-order valence-corrected chi connectivity index (χ2v) is 13.1. The first-order valence-electron chi connectivity index (χ1n) is 14.1. The first-order chi connectivity index (χ1) is 19.5. The van der Waals surface area contributed by atoms with Crippen molar-refractivity contribution >= 4 is 33.2 Å². The summed E-state index contributed by atoms with van der Waals surface area (Å²) in [7, 11) is -2.16. The number of carbonyl (C=O) groups is 1. The lowest BCUT2D eigenvalue weighted by Gasteiger charge is -2.30. The van der Waals surface area contributed by atoms with Crippen molar-refractivity contribution in [3.05, 3.63) is 54.1 Å². The van der Waals surface area contributed by atoms with E-state index < -0.39 is 28.3 Å². The van der Waals surface area contributed by atoms with Gasteiger partial charge >= 0.3 is 6.09 Å². The van der Waals surface area contributed by atoms with Gasteiger partial charge in [-0.3, -0.25) is 0 Å². The highest BCUT2D eigenvalue weighted by molar-refractivity contribution is 7.89. The quantitative estimate of drug-likeness (QED) is 0.259. The number of aliphatic hydroxyl groups is 1. The molecule has 1 aromatic heterocycles. The normalized spacial score (nSPS) is 16.0. The fourth-order valence-corrected chi connectivity index (χ4v) is 6.72. The molecule has 1 fully saturated rings. The SMILES string of the molecule is CC(C)CN(CC(O)C(Cc1ccccc1)NC(=O)O)S(=O)(=O)c1ccc2nc(N(C)CCN3CCCC3)oc2c1. The van der Waals surface area contributed by atoms with Crippen molar-refractivity contribution in [3.63, 3.8) is 0 Å². The number of likely N-dealkylation sites (tertiary alicyclic amines) is 1. The number of hydrogen-bond acceptors (Lipinski definition) is 8. The lowest BCUT2D eigenvalue weighted by Crippen LogP contribution is -2.50. The predicted molar refractivity (Wildman–Crippen MR) is 158 cm³/mol. The molecule has 2 aromatic carbocycles. The average molecular weight is 588 g/mol. The first-order valence-corrected chi connectivity index (χ1v) is 15.5. The molecule has 11 nitrogen and oxygen atoms in total. The van der Waals surface area contributed by atoms with Crippen LogP contribution in [0.25, 0.3) is 11.1 Å². The number of anilines is 1. The van der Waals surface area contributed by atoms with Crippen molar-refractivity contribution in [1.29, 1.82) is 0 Å². The third-order valence-corrected chi connectivity index (χ3v) is 9.12. The lowest BCUT2D eigenvalue weighted by atomic mass is 10.0. The molecule has 224 valence electrons. The maximum Gasteiger partial charge on any atom is 0.404 e. The number of likely N-dealkylation sites (N-methyl/N-ethyl adjacent to an activating group) is 1. The van der Waals surface area contributed by atoms with E-state index in [0.29, 0.717) is 17.1 Å². The zero-order valence-electron chi connectivity index (χ0n) is 23.9. The zero-order valence-corrected chi connectivity index (χ0v) is 24.8. The second-order valence-electron chi connectivity index (χ2n) is 11.1. The van der Waals surface area contributed by atoms with Crippen molar-refractivity contribution in [1.82, 2.24) is 19.5 Å². The van der Waals surface area contributed by atoms with Crippen molar-refractivity contribution < 1.29 is 27.8 Å². The number of benzene rings is 2. The maximum absolute atomic E-state index is 13.8. The molecular weight excluding hydrogens is 546 g/mol. The molecule has 0 radical (unpaired) electrons. The lowest BCUT2D eigenvalue weighted by molar-refractivity contribution is 0.0980. The molecule has 12 heteroatoms. The van der Waals surface area contributed by atoms with Crippen LogP contribution in [0.4, 0.5) is 10.8 Å². The van der Waals surface area contributed by atoms with Crippen LogP contribution in [-0.4, -0.2) is 97.4 Å². The van der Waals surface area contributed by atoms with Crippen LogP contribution >= 0.6 is 0 Å². The van der Waals surface area contributed by atoms with Gasteiger partial charge in [-0.15, -0.1) is 0 Å². The first kappa shape index (κ1) is 30.8. The summed E-state index contributed by atoms with van der Waals surface area (Å²) in [6, 6.07) is 13.2. The Morgan fingerprint density at radius 3 is 2.49 bits per heavy atom. The van der Waals surface area contributed by atoms with Crippen LogP contribution in [0.5, 0.6) is 0 Å². The van der Waals surface area contributed by atoms with Gasteiger partial charge in [-0.05, 0) is 56.0 Å². The van der Waals surface area contributed by atoms with E-state index in [-0.39, 0.29) is 30.3 Å². The summed E-state index contributed by atoms with van der Waals surface area (Å²) >= 11 is 0. The Balaban J connectivity index is 1.53. The van der Waals surface area contributed by atoms with Crippen molar-refractivity contribution in [2.24, 2.45) is 5.92 Å². The van der Waals surface area contributed by atoms with Crippen molar-refractivity contribution in [2.45, 2.75) is 50.2 Å². The number of nitrogens with one attached hydrogen (secondary N) is 1. The number of aromatic nitrogens is 1. The third kappa shape index (κ3) is 8.19. The maximum atomic E-state index is 13.8. The summed E-state index contributed by atoms with van der Waals surface area (Å²) in [5, 5.41) is 22.8. The van der Waals surface area contributed by atoms with Gasteiger partial charge in [0.25, 0.3) is 6.01 Å². The molecule has 2 atom stereocenters. The van der Waals surface area contributed by atoms with Gasteiger partial charge in [0, 0.05) is 39.3 Å². The van der Waals surface area contributed by atoms with E-state index in [1.165, 1.54) is 29.3 Å². The van der Waals surface area contributed by atoms with Gasteiger partial charge < -0.3 is 29.7 Å². The third-order valence-electron chi connectivity index (χ3n) is 7.29. The Morgan fingerprint density at radius 1 is 1.12 bits per heavy atom. The van der Waals surface area contributed by atoms with Gasteiger partial charge in [-0.1, -0.05) is 44.2 Å². The number of oxazole rings is 1. The van der Waals surface area contributed by atoms with Crippen LogP contribution in [-0.2, 0) is 16.4 Å². The molecule has 2 heterocycles. The standard InChI is InChI=1S/C29H41N5O6S/c1-21(2)19-34(20-26(35)25(31-29(36)37)17-22-9-5-4-6-10-22)41(38,39)23-11-12-24-27(18-23)40-28(30-24)32(3)15-16-33-13-7-8-14-33/h4-6,9-12,18,21,25-26,31,35H,7-8,13-17,19-20H2,1-3H3,(H,36,37). The summed E-state index contributed by atoms with van der Waals surface area (Å²) in [4.78, 5) is 20.4. The predicted octanol–water partition coefficient (Wildman–Crippen LogP) is 3.25. The van der Waals surface area contributed by atoms with Crippen LogP contribution < -0.4 is 10.2 Å². The van der Waals surface area contributed by atoms with E-state index in [2.05, 4.69) is 15.2 Å². The summed E-state index contributed by atoms with van der Waals surface area (Å²) in [5.41, 5.74) is 1.73. The number of aliphatic hydroxyl groups excluding tert-OH is 1. The molecule has 2 unspecified atom stereocenters. The Bertz CT molecular complexity index is 1390. The Hall–Kier alpha value is -3.19. The summed E-state index contributed by atoms with van der Waals surface area (Å²) in [5.74, 6) is -0.0400. The zero-order chi connectivity index (χ0) is 29.6. The van der Waals surface area contributed by atoms with Crippen LogP contribution in [0.1, 0.15) is 32.3 Å². The number of amides is 1. The molecule has 0 aliphatic carbocycles. The van der Waals surface area contributed by atoms with Crippen molar-refractivity contribution in [2.75, 3.05) is 51.2 Å². The molecule has 1 saturated heterocycles. The average Bonchev–Trinajstić information content (AvgIpc) is 3.60. The van der Waals surface area contributed by atoms with Gasteiger partial charge in [0.05, 0.1) is 17.0 Å². The van der Waals surface area contributed by atoms with Crippen LogP contribution in [0.2, 0.25) is 0 Å².